The Morgan fingerprint density at radius 2 is 2.19 bits per heavy atom. The molecule has 36 heavy (non-hydrogen) atoms. The largest absolute Gasteiger partial charge is 0.497 e. The number of hydrogen-bond donors (Lipinski definition) is 2. The molecular formula is C27H37N7O2. The van der Waals surface area contributed by atoms with E-state index in [1.807, 2.05) is 32.7 Å². The number of nitrogens with one attached hydrogen (secondary N) is 1. The third-order valence-corrected chi connectivity index (χ3v) is 7.33. The molecule has 0 amide bonds. The predicted molar refractivity (Wildman–Crippen MR) is 142 cm³/mol. The van der Waals surface area contributed by atoms with Gasteiger partial charge >= 0.3 is 0 Å². The molecule has 3 atom stereocenters. The SMILES string of the molecule is CNC1CCN(CCCN(C2=CCC3N=CC(c4cnn(C)c4)=NC3=C2)C2=CC(OC)=CC(O)C2)C1. The monoisotopic (exact) mass is 491 g/mol. The van der Waals surface area contributed by atoms with Gasteiger partial charge in [0.25, 0.3) is 0 Å². The zero-order valence-corrected chi connectivity index (χ0v) is 21.5. The summed E-state index contributed by atoms with van der Waals surface area (Å²) in [5.74, 6) is 0.700. The third kappa shape index (κ3) is 5.53. The molecule has 0 radical (unpaired) electrons. The van der Waals surface area contributed by atoms with E-state index in [0.29, 0.717) is 18.2 Å². The number of nitrogens with zero attached hydrogens (tertiary/aromatic N) is 6. The number of aromatic nitrogens is 2. The molecule has 0 aromatic carbocycles. The summed E-state index contributed by atoms with van der Waals surface area (Å²) >= 11 is 0. The topological polar surface area (TPSA) is 90.5 Å². The molecule has 1 fully saturated rings. The van der Waals surface area contributed by atoms with Crippen LogP contribution in [0.15, 0.2) is 69.5 Å². The van der Waals surface area contributed by atoms with Crippen molar-refractivity contribution in [3.05, 3.63) is 65.1 Å². The standard InChI is InChI=1S/C27H37N7O2/c1-28-20-7-10-33(18-20)8-4-9-34(22-11-23(35)14-24(12-22)36-3)21-5-6-25-26(13-21)31-27(16-29-25)19-15-30-32(2)17-19/h5,12-17,20,23,25,28,35H,4,6-11,18H2,1-3H3. The van der Waals surface area contributed by atoms with E-state index < -0.39 is 6.10 Å². The number of aliphatic imine (C=N–C) groups is 2. The number of rotatable bonds is 9. The van der Waals surface area contributed by atoms with Gasteiger partial charge in [-0.15, -0.1) is 0 Å². The second kappa shape index (κ2) is 10.9. The van der Waals surface area contributed by atoms with E-state index in [9.17, 15) is 5.11 Å². The molecule has 192 valence electrons. The van der Waals surface area contributed by atoms with Crippen LogP contribution in [0.25, 0.3) is 0 Å². The van der Waals surface area contributed by atoms with Crippen LogP contribution in [0.5, 0.6) is 0 Å². The Balaban J connectivity index is 1.37. The number of hydrogen-bond acceptors (Lipinski definition) is 8. The van der Waals surface area contributed by atoms with Crippen LogP contribution in [-0.4, -0.2) is 95.1 Å². The summed E-state index contributed by atoms with van der Waals surface area (Å²) in [6.45, 7) is 4.16. The summed E-state index contributed by atoms with van der Waals surface area (Å²) in [6, 6.07) is 0.632. The first-order chi connectivity index (χ1) is 17.5. The summed E-state index contributed by atoms with van der Waals surface area (Å²) < 4.78 is 7.27. The third-order valence-electron chi connectivity index (χ3n) is 7.33. The second-order valence-corrected chi connectivity index (χ2v) is 9.89. The summed E-state index contributed by atoms with van der Waals surface area (Å²) in [6.07, 6.45) is 16.9. The lowest BCUT2D eigenvalue weighted by atomic mass is 9.99. The van der Waals surface area contributed by atoms with Crippen molar-refractivity contribution in [2.45, 2.75) is 43.9 Å². The minimum atomic E-state index is -0.559. The van der Waals surface area contributed by atoms with Crippen LogP contribution < -0.4 is 5.32 Å². The molecule has 2 aliphatic carbocycles. The lowest BCUT2D eigenvalue weighted by molar-refractivity contribution is 0.193. The second-order valence-electron chi connectivity index (χ2n) is 9.89. The van der Waals surface area contributed by atoms with Gasteiger partial charge in [0.2, 0.25) is 0 Å². The Bertz CT molecular complexity index is 1140. The van der Waals surface area contributed by atoms with Crippen LogP contribution >= 0.6 is 0 Å². The van der Waals surface area contributed by atoms with Gasteiger partial charge in [-0.25, -0.2) is 4.99 Å². The zero-order valence-electron chi connectivity index (χ0n) is 21.5. The minimum Gasteiger partial charge on any atom is -0.497 e. The van der Waals surface area contributed by atoms with Crippen molar-refractivity contribution in [1.29, 1.82) is 0 Å². The van der Waals surface area contributed by atoms with Gasteiger partial charge in [-0.3, -0.25) is 9.67 Å². The van der Waals surface area contributed by atoms with Crippen molar-refractivity contribution < 1.29 is 9.84 Å². The number of likely N-dealkylation sites (tertiary alicyclic amines) is 1. The van der Waals surface area contributed by atoms with Crippen LogP contribution in [0.2, 0.25) is 0 Å². The smallest absolute Gasteiger partial charge is 0.119 e. The minimum absolute atomic E-state index is 0.0412. The molecule has 4 aliphatic rings. The highest BCUT2D eigenvalue weighted by molar-refractivity contribution is 6.38. The molecule has 1 aromatic rings. The van der Waals surface area contributed by atoms with Crippen molar-refractivity contribution in [2.75, 3.05) is 40.3 Å². The van der Waals surface area contributed by atoms with Crippen LogP contribution in [0.1, 0.15) is 31.2 Å². The van der Waals surface area contributed by atoms with E-state index >= 15 is 0 Å². The highest BCUT2D eigenvalue weighted by Crippen LogP contribution is 2.31. The van der Waals surface area contributed by atoms with Crippen LogP contribution in [0.4, 0.5) is 0 Å². The normalized spacial score (nSPS) is 26.0. The Morgan fingerprint density at radius 1 is 1.31 bits per heavy atom. The Hall–Kier alpha value is -3.01. The van der Waals surface area contributed by atoms with Gasteiger partial charge in [0, 0.05) is 62.0 Å². The molecule has 2 aliphatic heterocycles. The molecule has 1 aromatic heterocycles. The number of likely N-dealkylation sites (N-methyl/N-ethyl adjacent to an activating group) is 1. The maximum absolute atomic E-state index is 10.5. The number of aliphatic hydroxyl groups excluding tert-OH is 1. The molecule has 0 bridgehead atoms. The first-order valence-corrected chi connectivity index (χ1v) is 12.9. The lowest BCUT2D eigenvalue weighted by Gasteiger charge is -2.34. The maximum atomic E-state index is 10.5. The van der Waals surface area contributed by atoms with E-state index in [1.165, 1.54) is 6.42 Å². The van der Waals surface area contributed by atoms with Crippen molar-refractivity contribution in [2.24, 2.45) is 17.0 Å². The van der Waals surface area contributed by atoms with Gasteiger partial charge in [0.1, 0.15) is 5.76 Å². The Kier molecular flexibility index (Phi) is 7.50. The molecule has 1 saturated heterocycles. The highest BCUT2D eigenvalue weighted by atomic mass is 16.5. The van der Waals surface area contributed by atoms with Crippen LogP contribution in [0.3, 0.4) is 0 Å². The number of fused-ring (bicyclic) bond motifs is 1. The quantitative estimate of drug-likeness (QED) is 0.549. The predicted octanol–water partition coefficient (Wildman–Crippen LogP) is 2.00. The van der Waals surface area contributed by atoms with Crippen molar-refractivity contribution in [3.8, 4) is 0 Å². The van der Waals surface area contributed by atoms with Gasteiger partial charge in [-0.2, -0.15) is 5.10 Å². The fraction of sp³-hybridized carbons (Fsp3) is 0.519. The van der Waals surface area contributed by atoms with E-state index in [0.717, 1.165) is 67.4 Å². The molecule has 9 nitrogen and oxygen atoms in total. The van der Waals surface area contributed by atoms with Gasteiger partial charge < -0.3 is 25.0 Å². The summed E-state index contributed by atoms with van der Waals surface area (Å²) in [5, 5.41) is 18.2. The van der Waals surface area contributed by atoms with Crippen LogP contribution in [-0.2, 0) is 11.8 Å². The fourth-order valence-electron chi connectivity index (χ4n) is 5.32. The Morgan fingerprint density at radius 3 is 2.94 bits per heavy atom. The van der Waals surface area contributed by atoms with Gasteiger partial charge in [-0.05, 0) is 57.6 Å². The molecular weight excluding hydrogens is 454 g/mol. The molecule has 2 N–H and O–H groups in total. The fourth-order valence-corrected chi connectivity index (χ4v) is 5.32. The Labute approximate surface area is 213 Å². The van der Waals surface area contributed by atoms with Crippen molar-refractivity contribution in [3.63, 3.8) is 0 Å². The first-order valence-electron chi connectivity index (χ1n) is 12.9. The summed E-state index contributed by atoms with van der Waals surface area (Å²) in [7, 11) is 5.60. The number of ether oxygens (including phenoxy) is 1. The van der Waals surface area contributed by atoms with E-state index in [2.05, 4.69) is 38.4 Å². The molecule has 0 saturated carbocycles. The van der Waals surface area contributed by atoms with Crippen molar-refractivity contribution >= 4 is 11.9 Å². The molecule has 3 heterocycles. The molecule has 3 unspecified atom stereocenters. The molecule has 0 spiro atoms. The summed E-state index contributed by atoms with van der Waals surface area (Å²) in [5.41, 5.74) is 4.94. The molecule has 9 heteroatoms. The van der Waals surface area contributed by atoms with E-state index in [1.54, 1.807) is 17.9 Å². The number of methoxy groups -OCH3 is 1. The van der Waals surface area contributed by atoms with Crippen LogP contribution in [0, 0.1) is 0 Å². The van der Waals surface area contributed by atoms with Crippen molar-refractivity contribution in [1.82, 2.24) is 24.9 Å². The van der Waals surface area contributed by atoms with Gasteiger partial charge in [-0.1, -0.05) is 6.08 Å². The lowest BCUT2D eigenvalue weighted by Crippen LogP contribution is -2.33. The average molecular weight is 492 g/mol. The molecule has 5 rings (SSSR count). The van der Waals surface area contributed by atoms with E-state index in [-0.39, 0.29) is 6.04 Å². The zero-order chi connectivity index (χ0) is 25.1. The maximum Gasteiger partial charge on any atom is 0.119 e. The summed E-state index contributed by atoms with van der Waals surface area (Å²) in [4.78, 5) is 14.6. The van der Waals surface area contributed by atoms with Gasteiger partial charge in [0.15, 0.2) is 0 Å². The number of allylic oxidation sites excluding steroid dienone is 2. The van der Waals surface area contributed by atoms with E-state index in [4.69, 9.17) is 14.7 Å². The number of aryl methyl sites for hydroxylation is 1. The number of aliphatic hydroxyl groups is 1. The van der Waals surface area contributed by atoms with Gasteiger partial charge in [0.05, 0.1) is 36.9 Å². The highest BCUT2D eigenvalue weighted by Gasteiger charge is 2.27. The average Bonchev–Trinajstić information content (AvgIpc) is 3.54. The first kappa shape index (κ1) is 24.7.